The van der Waals surface area contributed by atoms with Gasteiger partial charge in [0.1, 0.15) is 6.04 Å². The van der Waals surface area contributed by atoms with E-state index in [0.29, 0.717) is 0 Å². The molecule has 26 heavy (non-hydrogen) atoms. The first-order valence-electron chi connectivity index (χ1n) is 9.47. The van der Waals surface area contributed by atoms with Gasteiger partial charge < -0.3 is 20.4 Å². The van der Waals surface area contributed by atoms with Crippen molar-refractivity contribution in [1.29, 1.82) is 0 Å². The maximum atomic E-state index is 12.5. The highest BCUT2D eigenvalue weighted by Gasteiger charge is 2.23. The summed E-state index contributed by atoms with van der Waals surface area (Å²) in [6, 6.07) is 5.49. The molecule has 1 aromatic carbocycles. The molecule has 1 aromatic rings. The normalized spacial score (nSPS) is 16.5. The van der Waals surface area contributed by atoms with Crippen LogP contribution in [0.25, 0.3) is 0 Å². The van der Waals surface area contributed by atoms with Gasteiger partial charge in [-0.1, -0.05) is 20.8 Å². The first-order valence-corrected chi connectivity index (χ1v) is 9.47. The Kier molecular flexibility index (Phi) is 7.03. The Balaban J connectivity index is 2.04. The molecule has 0 bridgehead atoms. The minimum Gasteiger partial charge on any atom is -0.369 e. The molecule has 1 heterocycles. The highest BCUT2D eigenvalue weighted by atomic mass is 16.2. The van der Waals surface area contributed by atoms with Crippen LogP contribution < -0.4 is 15.5 Å². The van der Waals surface area contributed by atoms with Crippen LogP contribution in [0, 0.1) is 12.8 Å². The predicted molar refractivity (Wildman–Crippen MR) is 107 cm³/mol. The molecule has 0 radical (unpaired) electrons. The molecule has 0 saturated carbocycles. The molecule has 1 atom stereocenters. The third-order valence-corrected chi connectivity index (χ3v) is 4.93. The average Bonchev–Trinajstić information content (AvgIpc) is 2.59. The van der Waals surface area contributed by atoms with Crippen molar-refractivity contribution in [2.45, 2.75) is 40.7 Å². The number of hydrogen-bond donors (Lipinski definition) is 2. The van der Waals surface area contributed by atoms with Crippen LogP contribution in [0.4, 0.5) is 11.4 Å². The number of carbonyl (C=O) groups excluding carboxylic acids is 2. The molecule has 1 aliphatic heterocycles. The quantitative estimate of drug-likeness (QED) is 0.817. The van der Waals surface area contributed by atoms with E-state index in [2.05, 4.69) is 40.3 Å². The summed E-state index contributed by atoms with van der Waals surface area (Å²) in [5, 5.41) is 5.66. The van der Waals surface area contributed by atoms with E-state index in [1.54, 1.807) is 0 Å². The first-order chi connectivity index (χ1) is 12.3. The molecule has 2 amide bonds. The van der Waals surface area contributed by atoms with Crippen LogP contribution in [0.15, 0.2) is 18.2 Å². The van der Waals surface area contributed by atoms with E-state index in [0.717, 1.165) is 44.0 Å². The van der Waals surface area contributed by atoms with Crippen LogP contribution in [0.2, 0.25) is 0 Å². The Morgan fingerprint density at radius 2 is 1.81 bits per heavy atom. The monoisotopic (exact) mass is 360 g/mol. The van der Waals surface area contributed by atoms with E-state index < -0.39 is 6.04 Å². The Morgan fingerprint density at radius 1 is 1.15 bits per heavy atom. The lowest BCUT2D eigenvalue weighted by molar-refractivity contribution is -0.126. The van der Waals surface area contributed by atoms with Gasteiger partial charge in [-0.2, -0.15) is 0 Å². The zero-order chi connectivity index (χ0) is 19.3. The average molecular weight is 361 g/mol. The number of amides is 2. The van der Waals surface area contributed by atoms with E-state index in [1.807, 2.05) is 26.0 Å². The molecular weight excluding hydrogens is 328 g/mol. The lowest BCUT2D eigenvalue weighted by atomic mass is 10.0. The molecule has 1 fully saturated rings. The Hall–Kier alpha value is -2.08. The molecule has 1 aliphatic rings. The second-order valence-electron chi connectivity index (χ2n) is 7.33. The van der Waals surface area contributed by atoms with Crippen molar-refractivity contribution in [1.82, 2.24) is 10.2 Å². The summed E-state index contributed by atoms with van der Waals surface area (Å²) in [6.07, 6.45) is 0. The van der Waals surface area contributed by atoms with Crippen molar-refractivity contribution in [3.63, 3.8) is 0 Å². The Morgan fingerprint density at radius 3 is 2.31 bits per heavy atom. The molecule has 6 heteroatoms. The Bertz CT molecular complexity index is 637. The molecule has 1 unspecified atom stereocenters. The van der Waals surface area contributed by atoms with Crippen molar-refractivity contribution in [3.8, 4) is 0 Å². The molecule has 2 rings (SSSR count). The predicted octanol–water partition coefficient (Wildman–Crippen LogP) is 2.24. The van der Waals surface area contributed by atoms with Gasteiger partial charge >= 0.3 is 0 Å². The number of benzene rings is 1. The van der Waals surface area contributed by atoms with Crippen molar-refractivity contribution >= 4 is 23.2 Å². The first kappa shape index (κ1) is 20.2. The van der Waals surface area contributed by atoms with Crippen molar-refractivity contribution in [3.05, 3.63) is 23.8 Å². The van der Waals surface area contributed by atoms with Crippen LogP contribution in [0.3, 0.4) is 0 Å². The fraction of sp³-hybridized carbons (Fsp3) is 0.600. The van der Waals surface area contributed by atoms with E-state index in [1.165, 1.54) is 12.6 Å². The number of carbonyl (C=O) groups is 2. The van der Waals surface area contributed by atoms with Crippen LogP contribution >= 0.6 is 0 Å². The van der Waals surface area contributed by atoms with E-state index in [4.69, 9.17) is 0 Å². The number of anilines is 2. The summed E-state index contributed by atoms with van der Waals surface area (Å²) in [5.41, 5.74) is 3.13. The van der Waals surface area contributed by atoms with Gasteiger partial charge in [-0.05, 0) is 43.1 Å². The van der Waals surface area contributed by atoms with Gasteiger partial charge in [0.25, 0.3) is 0 Å². The third kappa shape index (κ3) is 5.21. The lowest BCUT2D eigenvalue weighted by Gasteiger charge is -2.36. The smallest absolute Gasteiger partial charge is 0.247 e. The maximum Gasteiger partial charge on any atom is 0.247 e. The number of rotatable bonds is 6. The summed E-state index contributed by atoms with van der Waals surface area (Å²) < 4.78 is 0. The molecule has 0 aromatic heterocycles. The van der Waals surface area contributed by atoms with Crippen LogP contribution in [0.5, 0.6) is 0 Å². The number of nitrogens with zero attached hydrogens (tertiary/aromatic N) is 2. The highest BCUT2D eigenvalue weighted by Crippen LogP contribution is 2.25. The van der Waals surface area contributed by atoms with Gasteiger partial charge in [-0.15, -0.1) is 0 Å². The SMILES string of the molecule is CCN1CCN(c2ccc(NC(=O)C(NC(C)=O)C(C)C)cc2C)CC1. The van der Waals surface area contributed by atoms with Gasteiger partial charge in [0.05, 0.1) is 0 Å². The second-order valence-corrected chi connectivity index (χ2v) is 7.33. The summed E-state index contributed by atoms with van der Waals surface area (Å²) in [5.74, 6) is -0.357. The van der Waals surface area contributed by atoms with Gasteiger partial charge in [0, 0.05) is 44.5 Å². The fourth-order valence-corrected chi connectivity index (χ4v) is 3.37. The number of likely N-dealkylation sites (N-methyl/N-ethyl adjacent to an activating group) is 1. The molecule has 0 aliphatic carbocycles. The van der Waals surface area contributed by atoms with E-state index in [9.17, 15) is 9.59 Å². The number of piperazine rings is 1. The second kappa shape index (κ2) is 9.03. The maximum absolute atomic E-state index is 12.5. The highest BCUT2D eigenvalue weighted by molar-refractivity contribution is 5.97. The zero-order valence-corrected chi connectivity index (χ0v) is 16.6. The molecule has 6 nitrogen and oxygen atoms in total. The van der Waals surface area contributed by atoms with Gasteiger partial charge in [-0.25, -0.2) is 0 Å². The summed E-state index contributed by atoms with van der Waals surface area (Å²) in [6.45, 7) is 14.9. The number of hydrogen-bond acceptors (Lipinski definition) is 4. The molecule has 2 N–H and O–H groups in total. The third-order valence-electron chi connectivity index (χ3n) is 4.93. The fourth-order valence-electron chi connectivity index (χ4n) is 3.37. The molecular formula is C20H32N4O2. The van der Waals surface area contributed by atoms with Gasteiger partial charge in [0.15, 0.2) is 0 Å². The van der Waals surface area contributed by atoms with E-state index in [-0.39, 0.29) is 17.7 Å². The van der Waals surface area contributed by atoms with Gasteiger partial charge in [0.2, 0.25) is 11.8 Å². The number of aryl methyl sites for hydroxylation is 1. The van der Waals surface area contributed by atoms with Crippen molar-refractivity contribution in [2.75, 3.05) is 42.9 Å². The van der Waals surface area contributed by atoms with Crippen LogP contribution in [-0.2, 0) is 9.59 Å². The molecule has 0 spiro atoms. The summed E-state index contributed by atoms with van der Waals surface area (Å²) >= 11 is 0. The summed E-state index contributed by atoms with van der Waals surface area (Å²) in [7, 11) is 0. The van der Waals surface area contributed by atoms with Crippen molar-refractivity contribution < 1.29 is 9.59 Å². The number of nitrogens with one attached hydrogen (secondary N) is 2. The standard InChI is InChI=1S/C20H32N4O2/c1-6-23-9-11-24(12-10-23)18-8-7-17(13-15(18)4)22-20(26)19(14(2)3)21-16(5)25/h7-8,13-14,19H,6,9-12H2,1-5H3,(H,21,25)(H,22,26). The largest absolute Gasteiger partial charge is 0.369 e. The van der Waals surface area contributed by atoms with Gasteiger partial charge in [-0.3, -0.25) is 9.59 Å². The molecule has 144 valence electrons. The lowest BCUT2D eigenvalue weighted by Crippen LogP contribution is -2.46. The van der Waals surface area contributed by atoms with Crippen molar-refractivity contribution in [2.24, 2.45) is 5.92 Å². The minimum atomic E-state index is -0.533. The molecule has 1 saturated heterocycles. The summed E-state index contributed by atoms with van der Waals surface area (Å²) in [4.78, 5) is 28.7. The van der Waals surface area contributed by atoms with Crippen LogP contribution in [-0.4, -0.2) is 55.5 Å². The topological polar surface area (TPSA) is 64.7 Å². The minimum absolute atomic E-state index is 0.0223. The van der Waals surface area contributed by atoms with Crippen LogP contribution in [0.1, 0.15) is 33.3 Å². The zero-order valence-electron chi connectivity index (χ0n) is 16.6. The van der Waals surface area contributed by atoms with E-state index >= 15 is 0 Å². The Labute approximate surface area is 156 Å².